The molecule has 1 unspecified atom stereocenters. The van der Waals surface area contributed by atoms with E-state index in [0.29, 0.717) is 37.1 Å². The molecule has 0 bridgehead atoms. The van der Waals surface area contributed by atoms with Gasteiger partial charge in [-0.2, -0.15) is 0 Å². The number of nitrogens with one attached hydrogen (secondary N) is 2. The number of ether oxygens (including phenoxy) is 1. The molecule has 0 fully saturated rings. The molecule has 1 aliphatic heterocycles. The predicted octanol–water partition coefficient (Wildman–Crippen LogP) is 2.15. The molecule has 0 radical (unpaired) electrons. The molecule has 4 rings (SSSR count). The largest absolute Gasteiger partial charge is 0.493 e. The molecule has 0 saturated carbocycles. The molecule has 2 heterocycles. The molecule has 1 aliphatic carbocycles. The SMILES string of the molecule is O=C1CCCc2[nH]c(=O)c(C(=O)NC3CCOc4ccccc43)cc21. The van der Waals surface area contributed by atoms with Gasteiger partial charge in [0.2, 0.25) is 0 Å². The van der Waals surface area contributed by atoms with E-state index in [2.05, 4.69) is 10.3 Å². The van der Waals surface area contributed by atoms with E-state index in [-0.39, 0.29) is 17.4 Å². The summed E-state index contributed by atoms with van der Waals surface area (Å²) in [6.45, 7) is 0.501. The average molecular weight is 338 g/mol. The smallest absolute Gasteiger partial charge is 0.261 e. The fourth-order valence-corrected chi connectivity index (χ4v) is 3.47. The maximum absolute atomic E-state index is 12.7. The summed E-state index contributed by atoms with van der Waals surface area (Å²) < 4.78 is 5.59. The van der Waals surface area contributed by atoms with Gasteiger partial charge in [-0.05, 0) is 25.0 Å². The summed E-state index contributed by atoms with van der Waals surface area (Å²) in [6, 6.07) is 8.75. The molecule has 1 amide bonds. The Morgan fingerprint density at radius 1 is 1.20 bits per heavy atom. The number of pyridine rings is 1. The molecule has 6 nitrogen and oxygen atoms in total. The lowest BCUT2D eigenvalue weighted by Gasteiger charge is -2.26. The second kappa shape index (κ2) is 6.20. The highest BCUT2D eigenvalue weighted by molar-refractivity contribution is 6.01. The number of carbonyl (C=O) groups excluding carboxylic acids is 2. The quantitative estimate of drug-likeness (QED) is 0.878. The van der Waals surface area contributed by atoms with E-state index in [0.717, 1.165) is 17.7 Å². The molecule has 1 aromatic carbocycles. The fourth-order valence-electron chi connectivity index (χ4n) is 3.47. The van der Waals surface area contributed by atoms with Crippen molar-refractivity contribution in [2.45, 2.75) is 31.7 Å². The number of rotatable bonds is 2. The summed E-state index contributed by atoms with van der Waals surface area (Å²) in [5.74, 6) is 0.251. The number of ketones is 1. The van der Waals surface area contributed by atoms with Gasteiger partial charge in [-0.15, -0.1) is 0 Å². The van der Waals surface area contributed by atoms with Gasteiger partial charge in [-0.25, -0.2) is 0 Å². The third-order valence-electron chi connectivity index (χ3n) is 4.76. The highest BCUT2D eigenvalue weighted by Crippen LogP contribution is 2.31. The molecule has 0 spiro atoms. The van der Waals surface area contributed by atoms with Crippen LogP contribution in [0.15, 0.2) is 35.1 Å². The van der Waals surface area contributed by atoms with Crippen LogP contribution in [-0.2, 0) is 6.42 Å². The Balaban J connectivity index is 1.63. The third-order valence-corrected chi connectivity index (χ3v) is 4.76. The molecule has 2 N–H and O–H groups in total. The van der Waals surface area contributed by atoms with Crippen LogP contribution >= 0.6 is 0 Å². The lowest BCUT2D eigenvalue weighted by Crippen LogP contribution is -2.36. The van der Waals surface area contributed by atoms with Crippen molar-refractivity contribution in [1.82, 2.24) is 10.3 Å². The van der Waals surface area contributed by atoms with Crippen LogP contribution in [0.4, 0.5) is 0 Å². The molecular weight excluding hydrogens is 320 g/mol. The number of H-pyrrole nitrogens is 1. The maximum Gasteiger partial charge on any atom is 0.261 e. The van der Waals surface area contributed by atoms with Crippen molar-refractivity contribution in [2.24, 2.45) is 0 Å². The minimum Gasteiger partial charge on any atom is -0.493 e. The molecule has 1 atom stereocenters. The van der Waals surface area contributed by atoms with Gasteiger partial charge in [0.1, 0.15) is 11.3 Å². The van der Waals surface area contributed by atoms with Gasteiger partial charge in [-0.3, -0.25) is 14.4 Å². The van der Waals surface area contributed by atoms with Crippen molar-refractivity contribution in [3.05, 3.63) is 63.1 Å². The highest BCUT2D eigenvalue weighted by Gasteiger charge is 2.26. The Bertz CT molecular complexity index is 916. The second-order valence-electron chi connectivity index (χ2n) is 6.38. The van der Waals surface area contributed by atoms with Crippen molar-refractivity contribution in [3.63, 3.8) is 0 Å². The molecule has 0 saturated heterocycles. The predicted molar refractivity (Wildman–Crippen MR) is 91.1 cm³/mol. The Morgan fingerprint density at radius 2 is 2.04 bits per heavy atom. The molecule has 2 aromatic rings. The lowest BCUT2D eigenvalue weighted by atomic mass is 9.93. The number of amides is 1. The van der Waals surface area contributed by atoms with Crippen LogP contribution in [0, 0.1) is 0 Å². The van der Waals surface area contributed by atoms with Gasteiger partial charge < -0.3 is 15.0 Å². The van der Waals surface area contributed by atoms with Crippen LogP contribution in [0.25, 0.3) is 0 Å². The summed E-state index contributed by atoms with van der Waals surface area (Å²) in [5.41, 5.74) is 1.52. The van der Waals surface area contributed by atoms with Gasteiger partial charge in [0, 0.05) is 29.7 Å². The maximum atomic E-state index is 12.7. The molecule has 128 valence electrons. The highest BCUT2D eigenvalue weighted by atomic mass is 16.5. The van der Waals surface area contributed by atoms with Crippen LogP contribution < -0.4 is 15.6 Å². The minimum atomic E-state index is -0.468. The number of benzene rings is 1. The number of carbonyl (C=O) groups is 2. The Kier molecular flexibility index (Phi) is 3.87. The topological polar surface area (TPSA) is 88.3 Å². The molecule has 25 heavy (non-hydrogen) atoms. The molecule has 2 aliphatic rings. The first-order chi connectivity index (χ1) is 12.1. The minimum absolute atomic E-state index is 0.0158. The van der Waals surface area contributed by atoms with Crippen LogP contribution in [-0.4, -0.2) is 23.3 Å². The van der Waals surface area contributed by atoms with Crippen molar-refractivity contribution in [1.29, 1.82) is 0 Å². The number of para-hydroxylation sites is 1. The first-order valence-corrected chi connectivity index (χ1v) is 8.45. The van der Waals surface area contributed by atoms with Crippen LogP contribution in [0.5, 0.6) is 5.75 Å². The Hall–Kier alpha value is -2.89. The first kappa shape index (κ1) is 15.6. The normalized spacial score (nSPS) is 18.7. The first-order valence-electron chi connectivity index (χ1n) is 8.45. The summed E-state index contributed by atoms with van der Waals surface area (Å²) in [6.07, 6.45) is 2.47. The van der Waals surface area contributed by atoms with Crippen LogP contribution in [0.3, 0.4) is 0 Å². The van der Waals surface area contributed by atoms with E-state index in [1.807, 2.05) is 24.3 Å². The second-order valence-corrected chi connectivity index (χ2v) is 6.38. The van der Waals surface area contributed by atoms with Gasteiger partial charge in [0.25, 0.3) is 11.5 Å². The Labute approximate surface area is 144 Å². The summed E-state index contributed by atoms with van der Waals surface area (Å²) in [4.78, 5) is 39.7. The van der Waals surface area contributed by atoms with E-state index < -0.39 is 11.5 Å². The summed E-state index contributed by atoms with van der Waals surface area (Å²) in [7, 11) is 0. The van der Waals surface area contributed by atoms with Crippen LogP contribution in [0.1, 0.15) is 57.3 Å². The van der Waals surface area contributed by atoms with Gasteiger partial charge in [0.15, 0.2) is 5.78 Å². The molecular formula is C19H18N2O4. The van der Waals surface area contributed by atoms with E-state index in [4.69, 9.17) is 4.74 Å². The van der Waals surface area contributed by atoms with Gasteiger partial charge in [-0.1, -0.05) is 18.2 Å². The monoisotopic (exact) mass is 338 g/mol. The van der Waals surface area contributed by atoms with Crippen molar-refractivity contribution in [3.8, 4) is 5.75 Å². The van der Waals surface area contributed by atoms with Gasteiger partial charge in [0.05, 0.1) is 12.6 Å². The van der Waals surface area contributed by atoms with E-state index >= 15 is 0 Å². The van der Waals surface area contributed by atoms with Crippen LogP contribution in [0.2, 0.25) is 0 Å². The zero-order valence-corrected chi connectivity index (χ0v) is 13.6. The van der Waals surface area contributed by atoms with Gasteiger partial charge >= 0.3 is 0 Å². The lowest BCUT2D eigenvalue weighted by molar-refractivity contribution is 0.0923. The standard InChI is InChI=1S/C19H18N2O4/c22-16-6-3-5-14-12(16)10-13(18(23)20-14)19(24)21-15-8-9-25-17-7-2-1-4-11(15)17/h1-2,4,7,10,15H,3,5-6,8-9H2,(H,20,23)(H,21,24). The number of aryl methyl sites for hydroxylation is 1. The van der Waals surface area contributed by atoms with E-state index in [9.17, 15) is 14.4 Å². The van der Waals surface area contributed by atoms with E-state index in [1.165, 1.54) is 6.07 Å². The van der Waals surface area contributed by atoms with E-state index in [1.54, 1.807) is 0 Å². The average Bonchev–Trinajstić information content (AvgIpc) is 2.62. The number of Topliss-reactive ketones (excluding diaryl/α,β-unsaturated/α-hetero) is 1. The number of hydrogen-bond donors (Lipinski definition) is 2. The number of fused-ring (bicyclic) bond motifs is 2. The zero-order valence-electron chi connectivity index (χ0n) is 13.6. The molecule has 1 aromatic heterocycles. The number of aromatic nitrogens is 1. The number of hydrogen-bond acceptors (Lipinski definition) is 4. The summed E-state index contributed by atoms with van der Waals surface area (Å²) in [5, 5.41) is 2.90. The third kappa shape index (κ3) is 2.84. The molecule has 6 heteroatoms. The van der Waals surface area contributed by atoms with Crippen molar-refractivity contribution >= 4 is 11.7 Å². The Morgan fingerprint density at radius 3 is 2.92 bits per heavy atom. The summed E-state index contributed by atoms with van der Waals surface area (Å²) >= 11 is 0. The van der Waals surface area contributed by atoms with Crippen molar-refractivity contribution in [2.75, 3.05) is 6.61 Å². The van der Waals surface area contributed by atoms with Crippen molar-refractivity contribution < 1.29 is 14.3 Å². The zero-order chi connectivity index (χ0) is 17.4. The fraction of sp³-hybridized carbons (Fsp3) is 0.316. The number of aromatic amines is 1.